The van der Waals surface area contributed by atoms with Crippen molar-refractivity contribution in [1.82, 2.24) is 15.0 Å². The second-order valence-electron chi connectivity index (χ2n) is 10.1. The monoisotopic (exact) mass is 534 g/mol. The van der Waals surface area contributed by atoms with Gasteiger partial charge in [0.05, 0.1) is 17.5 Å². The molecule has 0 radical (unpaired) electrons. The number of fused-ring (bicyclic) bond motifs is 1. The average molecular weight is 535 g/mol. The Balaban J connectivity index is 1.45. The maximum absolute atomic E-state index is 11.8. The van der Waals surface area contributed by atoms with E-state index in [1.165, 1.54) is 19.4 Å². The van der Waals surface area contributed by atoms with E-state index in [-0.39, 0.29) is 35.3 Å². The van der Waals surface area contributed by atoms with Gasteiger partial charge in [0, 0.05) is 49.1 Å². The molecule has 11 heteroatoms. The van der Waals surface area contributed by atoms with E-state index in [0.717, 1.165) is 22.0 Å². The first-order valence-corrected chi connectivity index (χ1v) is 14.4. The van der Waals surface area contributed by atoms with Crippen LogP contribution >= 0.6 is 0 Å². The molecule has 0 unspecified atom stereocenters. The number of hydrogen-bond donors (Lipinski definition) is 2. The van der Waals surface area contributed by atoms with Gasteiger partial charge in [-0.2, -0.15) is 0 Å². The first kappa shape index (κ1) is 25.8. The van der Waals surface area contributed by atoms with Crippen molar-refractivity contribution in [3.8, 4) is 11.4 Å². The van der Waals surface area contributed by atoms with Crippen molar-refractivity contribution in [1.29, 1.82) is 0 Å². The molecule has 0 aliphatic carbocycles. The van der Waals surface area contributed by atoms with Crippen molar-refractivity contribution in [2.24, 2.45) is 11.7 Å². The normalized spacial score (nSPS) is 17.6. The zero-order valence-corrected chi connectivity index (χ0v) is 22.5. The van der Waals surface area contributed by atoms with E-state index in [9.17, 15) is 13.2 Å². The Hall–Kier alpha value is -3.83. The number of pyridine rings is 1. The van der Waals surface area contributed by atoms with Gasteiger partial charge in [-0.3, -0.25) is 4.79 Å². The molecule has 1 saturated heterocycles. The number of sulfone groups is 1. The van der Waals surface area contributed by atoms with Gasteiger partial charge in [-0.05, 0) is 41.1 Å². The van der Waals surface area contributed by atoms with Gasteiger partial charge in [-0.25, -0.2) is 23.4 Å². The van der Waals surface area contributed by atoms with E-state index < -0.39 is 9.84 Å². The van der Waals surface area contributed by atoms with Gasteiger partial charge in [0.2, 0.25) is 0 Å². The standard InChI is InChI=1S/C27H30N6O4S/c1-15(2)19-5-6-22(33-12-18(26(33)28)14-38(4,35)36)21-11-30-25(10-20(19)21)31-24-7-8-29-27(32-24)17-9-23(16(3)34)37-13-17/h5-11,13,15,18,26H,12,14,28H2,1-4H3,(H,29,30,31,32)/t18-,26+/m1/s1. The van der Waals surface area contributed by atoms with Crippen molar-refractivity contribution in [2.75, 3.05) is 28.8 Å². The molecule has 4 aromatic rings. The Morgan fingerprint density at radius 2 is 1.97 bits per heavy atom. The van der Waals surface area contributed by atoms with Crippen molar-refractivity contribution in [3.63, 3.8) is 0 Å². The second kappa shape index (κ2) is 9.80. The highest BCUT2D eigenvalue weighted by Gasteiger charge is 2.39. The molecule has 3 aromatic heterocycles. The largest absolute Gasteiger partial charge is 0.460 e. The van der Waals surface area contributed by atoms with E-state index in [2.05, 4.69) is 40.2 Å². The predicted octanol–water partition coefficient (Wildman–Crippen LogP) is 4.12. The van der Waals surface area contributed by atoms with Gasteiger partial charge in [0.1, 0.15) is 27.7 Å². The van der Waals surface area contributed by atoms with Crippen LogP contribution in [0.15, 0.2) is 53.4 Å². The fourth-order valence-corrected chi connectivity index (χ4v) is 5.88. The number of carbonyl (C=O) groups excluding carboxylic acids is 1. The molecule has 0 amide bonds. The van der Waals surface area contributed by atoms with E-state index in [1.54, 1.807) is 18.3 Å². The molecule has 1 aromatic carbocycles. The summed E-state index contributed by atoms with van der Waals surface area (Å²) in [6.45, 7) is 6.29. The van der Waals surface area contributed by atoms with Crippen LogP contribution in [0, 0.1) is 5.92 Å². The number of nitrogens with zero attached hydrogens (tertiary/aromatic N) is 4. The van der Waals surface area contributed by atoms with Gasteiger partial charge in [-0.1, -0.05) is 19.9 Å². The summed E-state index contributed by atoms with van der Waals surface area (Å²) in [5.74, 6) is 1.90. The number of nitrogens with two attached hydrogens (primary N) is 1. The lowest BCUT2D eigenvalue weighted by molar-refractivity contribution is 0.0987. The second-order valence-corrected chi connectivity index (χ2v) is 12.3. The van der Waals surface area contributed by atoms with Gasteiger partial charge in [0.25, 0.3) is 0 Å². The first-order valence-electron chi connectivity index (χ1n) is 12.3. The fraction of sp³-hybridized carbons (Fsp3) is 0.333. The third-order valence-corrected chi connectivity index (χ3v) is 7.78. The van der Waals surface area contributed by atoms with E-state index in [1.807, 2.05) is 23.2 Å². The molecule has 1 fully saturated rings. The molecular formula is C27H30N6O4S. The molecule has 3 N–H and O–H groups in total. The van der Waals surface area contributed by atoms with Crippen LogP contribution in [0.25, 0.3) is 22.2 Å². The Labute approximate surface area is 221 Å². The number of hydrogen-bond acceptors (Lipinski definition) is 10. The Morgan fingerprint density at radius 1 is 1.18 bits per heavy atom. The third-order valence-electron chi connectivity index (χ3n) is 6.75. The predicted molar refractivity (Wildman–Crippen MR) is 147 cm³/mol. The number of benzene rings is 1. The van der Waals surface area contributed by atoms with Crippen molar-refractivity contribution in [3.05, 3.63) is 60.3 Å². The summed E-state index contributed by atoms with van der Waals surface area (Å²) in [5.41, 5.74) is 9.10. The van der Waals surface area contributed by atoms with Crippen LogP contribution in [-0.2, 0) is 9.84 Å². The maximum Gasteiger partial charge on any atom is 0.194 e. The molecule has 38 heavy (non-hydrogen) atoms. The minimum Gasteiger partial charge on any atom is -0.460 e. The number of rotatable bonds is 8. The molecule has 0 spiro atoms. The van der Waals surface area contributed by atoms with Crippen LogP contribution in [0.3, 0.4) is 0 Å². The van der Waals surface area contributed by atoms with Gasteiger partial charge in [-0.15, -0.1) is 0 Å². The fourth-order valence-electron chi connectivity index (χ4n) is 4.80. The van der Waals surface area contributed by atoms with Crippen LogP contribution in [0.2, 0.25) is 0 Å². The molecule has 0 bridgehead atoms. The highest BCUT2D eigenvalue weighted by atomic mass is 32.2. The molecule has 1 aliphatic rings. The van der Waals surface area contributed by atoms with Gasteiger partial charge < -0.3 is 20.4 Å². The zero-order chi connectivity index (χ0) is 27.2. The van der Waals surface area contributed by atoms with Crippen LogP contribution in [-0.4, -0.2) is 53.9 Å². The number of aromatic nitrogens is 3. The third kappa shape index (κ3) is 5.11. The quantitative estimate of drug-likeness (QED) is 0.317. The highest BCUT2D eigenvalue weighted by molar-refractivity contribution is 7.90. The summed E-state index contributed by atoms with van der Waals surface area (Å²) < 4.78 is 28.8. The Bertz CT molecular complexity index is 1630. The summed E-state index contributed by atoms with van der Waals surface area (Å²) in [7, 11) is -3.10. The maximum atomic E-state index is 11.8. The Kier molecular flexibility index (Phi) is 6.66. The molecular weight excluding hydrogens is 504 g/mol. The van der Waals surface area contributed by atoms with Crippen molar-refractivity contribution >= 4 is 43.7 Å². The molecule has 198 valence electrons. The summed E-state index contributed by atoms with van der Waals surface area (Å²) >= 11 is 0. The van der Waals surface area contributed by atoms with Crippen LogP contribution < -0.4 is 16.0 Å². The molecule has 5 rings (SSSR count). The summed E-state index contributed by atoms with van der Waals surface area (Å²) in [6.07, 6.45) is 5.77. The number of ketones is 1. The topological polar surface area (TPSA) is 144 Å². The first-order chi connectivity index (χ1) is 18.0. The summed E-state index contributed by atoms with van der Waals surface area (Å²) in [4.78, 5) is 27.1. The van der Waals surface area contributed by atoms with Crippen molar-refractivity contribution in [2.45, 2.75) is 32.9 Å². The van der Waals surface area contributed by atoms with E-state index in [4.69, 9.17) is 10.2 Å². The number of furan rings is 1. The molecule has 10 nitrogen and oxygen atoms in total. The summed E-state index contributed by atoms with van der Waals surface area (Å²) in [6, 6.07) is 9.48. The molecule has 4 heterocycles. The van der Waals surface area contributed by atoms with Gasteiger partial charge >= 0.3 is 0 Å². The lowest BCUT2D eigenvalue weighted by Crippen LogP contribution is -2.63. The number of Topliss-reactive ketones (excluding diaryl/α,β-unsaturated/α-hetero) is 1. The van der Waals surface area contributed by atoms with Crippen LogP contribution in [0.4, 0.5) is 17.3 Å². The van der Waals surface area contributed by atoms with Crippen LogP contribution in [0.1, 0.15) is 42.8 Å². The number of nitrogens with one attached hydrogen (secondary N) is 1. The SMILES string of the molecule is CC(=O)c1cc(-c2nccc(Nc3cc4c(C(C)C)ccc(N5C[C@H](CS(C)(=O)=O)[C@H]5N)c4cn3)n2)co1. The van der Waals surface area contributed by atoms with Gasteiger partial charge in [0.15, 0.2) is 17.4 Å². The average Bonchev–Trinajstić information content (AvgIpc) is 3.36. The van der Waals surface area contributed by atoms with Crippen LogP contribution in [0.5, 0.6) is 0 Å². The smallest absolute Gasteiger partial charge is 0.194 e. The van der Waals surface area contributed by atoms with Crippen molar-refractivity contribution < 1.29 is 17.6 Å². The lowest BCUT2D eigenvalue weighted by atomic mass is 9.92. The number of carbonyl (C=O) groups is 1. The minimum atomic E-state index is -3.10. The van der Waals surface area contributed by atoms with E-state index >= 15 is 0 Å². The molecule has 0 saturated carbocycles. The minimum absolute atomic E-state index is 0.0782. The summed E-state index contributed by atoms with van der Waals surface area (Å²) in [5, 5.41) is 5.24. The Morgan fingerprint density at radius 3 is 2.63 bits per heavy atom. The molecule has 2 atom stereocenters. The lowest BCUT2D eigenvalue weighted by Gasteiger charge is -2.47. The number of anilines is 3. The zero-order valence-electron chi connectivity index (χ0n) is 21.7. The highest BCUT2D eigenvalue weighted by Crippen LogP contribution is 2.38. The molecule has 1 aliphatic heterocycles. The van der Waals surface area contributed by atoms with E-state index in [0.29, 0.717) is 29.6 Å².